The molecule has 3 aromatic rings. The lowest BCUT2D eigenvalue weighted by Crippen LogP contribution is -1.94. The number of aromatic nitrogens is 3. The summed E-state index contributed by atoms with van der Waals surface area (Å²) in [5, 5.41) is 18.2. The second-order valence-electron chi connectivity index (χ2n) is 3.46. The molecule has 0 fully saturated rings. The normalized spacial score (nSPS) is 10.7. The van der Waals surface area contributed by atoms with E-state index in [1.54, 1.807) is 22.7 Å². The largest absolute Gasteiger partial charge is 0.360 e. The highest BCUT2D eigenvalue weighted by atomic mass is 32.1. The van der Waals surface area contributed by atoms with Crippen LogP contribution < -0.4 is 5.32 Å². The molecule has 1 N–H and O–H groups in total. The van der Waals surface area contributed by atoms with Crippen LogP contribution in [0.25, 0.3) is 20.6 Å². The molecular formula is C11H10N4S3. The lowest BCUT2D eigenvalue weighted by molar-refractivity contribution is 1.07. The van der Waals surface area contributed by atoms with E-state index in [-0.39, 0.29) is 0 Å². The number of nitrogens with zero attached hydrogens (tertiary/aromatic N) is 3. The standard InChI is InChI=1S/C11H10N4S3/c1-2-12-11-15-14-9(18-11)7-6-17-10(13-7)8-4-3-5-16-8/h3-6H,2H2,1H3,(H,12,15). The fraction of sp³-hybridized carbons (Fsp3) is 0.182. The zero-order valence-electron chi connectivity index (χ0n) is 9.58. The summed E-state index contributed by atoms with van der Waals surface area (Å²) >= 11 is 4.88. The highest BCUT2D eigenvalue weighted by molar-refractivity contribution is 7.21. The lowest BCUT2D eigenvalue weighted by Gasteiger charge is -1.91. The first kappa shape index (κ1) is 11.8. The summed E-state index contributed by atoms with van der Waals surface area (Å²) in [6.45, 7) is 2.89. The summed E-state index contributed by atoms with van der Waals surface area (Å²) in [4.78, 5) is 5.80. The van der Waals surface area contributed by atoms with Crippen LogP contribution in [0.15, 0.2) is 22.9 Å². The number of anilines is 1. The fourth-order valence-electron chi connectivity index (χ4n) is 1.43. The van der Waals surface area contributed by atoms with Crippen LogP contribution in [0.5, 0.6) is 0 Å². The summed E-state index contributed by atoms with van der Waals surface area (Å²) in [6, 6.07) is 4.12. The maximum atomic E-state index is 4.61. The first-order valence-corrected chi connectivity index (χ1v) is 8.01. The van der Waals surface area contributed by atoms with E-state index in [4.69, 9.17) is 0 Å². The third-order valence-electron chi connectivity index (χ3n) is 2.21. The van der Waals surface area contributed by atoms with Crippen LogP contribution in [0.2, 0.25) is 0 Å². The van der Waals surface area contributed by atoms with Crippen molar-refractivity contribution < 1.29 is 0 Å². The number of rotatable bonds is 4. The average Bonchev–Trinajstić information content (AvgIpc) is 3.10. The molecule has 0 radical (unpaired) electrons. The van der Waals surface area contributed by atoms with Gasteiger partial charge in [-0.3, -0.25) is 0 Å². The maximum absolute atomic E-state index is 4.61. The Bertz CT molecular complexity index is 626. The third-order valence-corrected chi connectivity index (χ3v) is 4.99. The van der Waals surface area contributed by atoms with Gasteiger partial charge in [-0.2, -0.15) is 0 Å². The smallest absolute Gasteiger partial charge is 0.206 e. The van der Waals surface area contributed by atoms with Gasteiger partial charge >= 0.3 is 0 Å². The molecule has 0 atom stereocenters. The second-order valence-corrected chi connectivity index (χ2v) is 6.24. The molecule has 92 valence electrons. The molecule has 0 aliphatic carbocycles. The minimum atomic E-state index is 0.846. The molecule has 0 saturated heterocycles. The highest BCUT2D eigenvalue weighted by Crippen LogP contribution is 2.33. The van der Waals surface area contributed by atoms with Crippen molar-refractivity contribution in [1.29, 1.82) is 0 Å². The summed E-state index contributed by atoms with van der Waals surface area (Å²) in [7, 11) is 0. The van der Waals surface area contributed by atoms with Gasteiger partial charge in [0.05, 0.1) is 4.88 Å². The predicted molar refractivity (Wildman–Crippen MR) is 78.5 cm³/mol. The zero-order valence-corrected chi connectivity index (χ0v) is 12.0. The average molecular weight is 294 g/mol. The third kappa shape index (κ3) is 2.29. The van der Waals surface area contributed by atoms with Crippen molar-refractivity contribution in [2.75, 3.05) is 11.9 Å². The van der Waals surface area contributed by atoms with Crippen molar-refractivity contribution in [3.8, 4) is 20.6 Å². The molecule has 0 bridgehead atoms. The molecule has 3 aromatic heterocycles. The molecule has 4 nitrogen and oxygen atoms in total. The van der Waals surface area contributed by atoms with E-state index < -0.39 is 0 Å². The van der Waals surface area contributed by atoms with Crippen molar-refractivity contribution in [2.45, 2.75) is 6.92 Å². The van der Waals surface area contributed by atoms with Crippen LogP contribution in [0.1, 0.15) is 6.92 Å². The van der Waals surface area contributed by atoms with Gasteiger partial charge in [0.1, 0.15) is 10.7 Å². The van der Waals surface area contributed by atoms with Gasteiger partial charge < -0.3 is 5.32 Å². The Morgan fingerprint density at radius 1 is 1.22 bits per heavy atom. The summed E-state index contributed by atoms with van der Waals surface area (Å²) in [5.74, 6) is 0. The summed E-state index contributed by atoms with van der Waals surface area (Å²) in [5.41, 5.74) is 0.907. The second kappa shape index (κ2) is 5.13. The molecule has 7 heteroatoms. The Balaban J connectivity index is 1.88. The van der Waals surface area contributed by atoms with Crippen molar-refractivity contribution in [1.82, 2.24) is 15.2 Å². The number of thiophene rings is 1. The Hall–Kier alpha value is -1.31. The summed E-state index contributed by atoms with van der Waals surface area (Å²) in [6.07, 6.45) is 0. The van der Waals surface area contributed by atoms with E-state index >= 15 is 0 Å². The SMILES string of the molecule is CCNc1nnc(-c2csc(-c3cccs3)n2)s1. The van der Waals surface area contributed by atoms with E-state index in [1.165, 1.54) is 16.2 Å². The van der Waals surface area contributed by atoms with Gasteiger partial charge in [-0.05, 0) is 18.4 Å². The van der Waals surface area contributed by atoms with E-state index in [9.17, 15) is 0 Å². The molecule has 3 rings (SSSR count). The van der Waals surface area contributed by atoms with Gasteiger partial charge in [-0.25, -0.2) is 4.98 Å². The van der Waals surface area contributed by atoms with Crippen LogP contribution in [-0.4, -0.2) is 21.7 Å². The molecule has 3 heterocycles. The van der Waals surface area contributed by atoms with E-state index in [0.29, 0.717) is 0 Å². The monoisotopic (exact) mass is 294 g/mol. The van der Waals surface area contributed by atoms with Gasteiger partial charge in [0.15, 0.2) is 5.01 Å². The van der Waals surface area contributed by atoms with E-state index in [1.807, 2.05) is 18.4 Å². The Kier molecular flexibility index (Phi) is 3.35. The van der Waals surface area contributed by atoms with Gasteiger partial charge in [-0.1, -0.05) is 17.4 Å². The maximum Gasteiger partial charge on any atom is 0.206 e. The van der Waals surface area contributed by atoms with Crippen molar-refractivity contribution >= 4 is 39.1 Å². The minimum Gasteiger partial charge on any atom is -0.360 e. The summed E-state index contributed by atoms with van der Waals surface area (Å²) < 4.78 is 0. The predicted octanol–water partition coefficient (Wildman–Crippen LogP) is 3.82. The Morgan fingerprint density at radius 2 is 2.17 bits per heavy atom. The van der Waals surface area contributed by atoms with Crippen LogP contribution in [0.3, 0.4) is 0 Å². The first-order valence-electron chi connectivity index (χ1n) is 5.44. The van der Waals surface area contributed by atoms with Crippen LogP contribution >= 0.6 is 34.0 Å². The van der Waals surface area contributed by atoms with Crippen LogP contribution in [-0.2, 0) is 0 Å². The molecule has 0 aliphatic heterocycles. The number of hydrogen-bond acceptors (Lipinski definition) is 7. The molecule has 0 aliphatic rings. The first-order chi connectivity index (χ1) is 8.86. The van der Waals surface area contributed by atoms with Crippen molar-refractivity contribution in [3.05, 3.63) is 22.9 Å². The molecule has 0 aromatic carbocycles. The van der Waals surface area contributed by atoms with E-state index in [2.05, 4.69) is 31.9 Å². The molecule has 0 unspecified atom stereocenters. The van der Waals surface area contributed by atoms with Crippen LogP contribution in [0, 0.1) is 0 Å². The minimum absolute atomic E-state index is 0.846. The van der Waals surface area contributed by atoms with Crippen molar-refractivity contribution in [3.63, 3.8) is 0 Å². The Morgan fingerprint density at radius 3 is 2.94 bits per heavy atom. The Labute approximate surface area is 116 Å². The molecule has 0 saturated carbocycles. The zero-order chi connectivity index (χ0) is 12.4. The van der Waals surface area contributed by atoms with Gasteiger partial charge in [0, 0.05) is 11.9 Å². The molecular weight excluding hydrogens is 284 g/mol. The van der Waals surface area contributed by atoms with Crippen LogP contribution in [0.4, 0.5) is 5.13 Å². The van der Waals surface area contributed by atoms with Gasteiger partial charge in [0.2, 0.25) is 5.13 Å². The molecule has 0 spiro atoms. The lowest BCUT2D eigenvalue weighted by atomic mass is 10.5. The number of nitrogens with one attached hydrogen (secondary N) is 1. The molecule has 0 amide bonds. The number of thiazole rings is 1. The topological polar surface area (TPSA) is 50.7 Å². The van der Waals surface area contributed by atoms with Gasteiger partial charge in [0.25, 0.3) is 0 Å². The van der Waals surface area contributed by atoms with Crippen molar-refractivity contribution in [2.24, 2.45) is 0 Å². The van der Waals surface area contributed by atoms with E-state index in [0.717, 1.165) is 27.4 Å². The number of hydrogen-bond donors (Lipinski definition) is 1. The molecule has 18 heavy (non-hydrogen) atoms. The van der Waals surface area contributed by atoms with Gasteiger partial charge in [-0.15, -0.1) is 32.9 Å². The fourth-order valence-corrected chi connectivity index (χ4v) is 3.90. The highest BCUT2D eigenvalue weighted by Gasteiger charge is 2.11. The quantitative estimate of drug-likeness (QED) is 0.794.